The van der Waals surface area contributed by atoms with Gasteiger partial charge in [0.2, 0.25) is 23.6 Å². The minimum atomic E-state index is -0.0411. The monoisotopic (exact) mass is 338 g/mol. The van der Waals surface area contributed by atoms with E-state index in [1.807, 2.05) is 47.2 Å². The zero-order chi connectivity index (χ0) is 17.8. The summed E-state index contributed by atoms with van der Waals surface area (Å²) < 4.78 is 17.9. The van der Waals surface area contributed by atoms with E-state index < -0.39 is 0 Å². The maximum atomic E-state index is 12.8. The van der Waals surface area contributed by atoms with Crippen LogP contribution in [0.15, 0.2) is 54.7 Å². The molecular formula is C20H20NO4+. The van der Waals surface area contributed by atoms with Crippen LogP contribution in [0.5, 0.6) is 17.2 Å². The Morgan fingerprint density at radius 1 is 0.920 bits per heavy atom. The number of hydrogen-bond acceptors (Lipinski definition) is 4. The van der Waals surface area contributed by atoms with Gasteiger partial charge < -0.3 is 14.2 Å². The smallest absolute Gasteiger partial charge is 0.227 e. The summed E-state index contributed by atoms with van der Waals surface area (Å²) in [6.45, 7) is 0.222. The number of pyridine rings is 1. The van der Waals surface area contributed by atoms with E-state index in [0.29, 0.717) is 22.8 Å². The second-order valence-corrected chi connectivity index (χ2v) is 5.53. The summed E-state index contributed by atoms with van der Waals surface area (Å²) in [5.41, 5.74) is 1.51. The third-order valence-corrected chi connectivity index (χ3v) is 4.09. The van der Waals surface area contributed by atoms with Crippen LogP contribution < -0.4 is 18.8 Å². The minimum absolute atomic E-state index is 0.0411. The molecule has 128 valence electrons. The van der Waals surface area contributed by atoms with Crippen molar-refractivity contribution in [3.63, 3.8) is 0 Å². The van der Waals surface area contributed by atoms with Crippen LogP contribution in [-0.4, -0.2) is 27.1 Å². The third kappa shape index (κ3) is 3.26. The average molecular weight is 338 g/mol. The van der Waals surface area contributed by atoms with Gasteiger partial charge in [0, 0.05) is 23.1 Å². The van der Waals surface area contributed by atoms with Gasteiger partial charge in [0.1, 0.15) is 0 Å². The molecule has 0 aliphatic heterocycles. The predicted octanol–water partition coefficient (Wildman–Crippen LogP) is 3.04. The summed E-state index contributed by atoms with van der Waals surface area (Å²) in [6, 6.07) is 15.3. The van der Waals surface area contributed by atoms with Gasteiger partial charge in [0.25, 0.3) is 0 Å². The van der Waals surface area contributed by atoms with Crippen molar-refractivity contribution in [1.82, 2.24) is 0 Å². The van der Waals surface area contributed by atoms with Gasteiger partial charge in [-0.2, -0.15) is 4.57 Å². The van der Waals surface area contributed by atoms with Gasteiger partial charge in [-0.25, -0.2) is 0 Å². The fourth-order valence-corrected chi connectivity index (χ4v) is 2.85. The number of aromatic nitrogens is 1. The molecule has 1 heterocycles. The normalized spacial score (nSPS) is 10.5. The van der Waals surface area contributed by atoms with Crippen molar-refractivity contribution >= 4 is 16.7 Å². The Hall–Kier alpha value is -3.08. The van der Waals surface area contributed by atoms with Crippen molar-refractivity contribution in [3.05, 3.63) is 60.3 Å². The van der Waals surface area contributed by atoms with Crippen LogP contribution in [0.1, 0.15) is 10.4 Å². The molecule has 1 aromatic heterocycles. The van der Waals surface area contributed by atoms with Crippen molar-refractivity contribution < 1.29 is 23.6 Å². The highest BCUT2D eigenvalue weighted by molar-refractivity contribution is 5.96. The highest BCUT2D eigenvalue weighted by Gasteiger charge is 2.20. The number of benzene rings is 2. The van der Waals surface area contributed by atoms with Gasteiger partial charge in [0.15, 0.2) is 17.7 Å². The molecule has 0 atom stereocenters. The topological polar surface area (TPSA) is 48.6 Å². The molecule has 0 amide bonds. The predicted molar refractivity (Wildman–Crippen MR) is 94.6 cm³/mol. The fraction of sp³-hybridized carbons (Fsp3) is 0.200. The molecule has 0 unspecified atom stereocenters. The molecule has 2 aromatic carbocycles. The zero-order valence-corrected chi connectivity index (χ0v) is 14.5. The lowest BCUT2D eigenvalue weighted by atomic mass is 10.1. The quantitative estimate of drug-likeness (QED) is 0.512. The molecule has 3 rings (SSSR count). The van der Waals surface area contributed by atoms with Crippen molar-refractivity contribution in [3.8, 4) is 17.2 Å². The van der Waals surface area contributed by atoms with Crippen LogP contribution in [-0.2, 0) is 6.54 Å². The number of methoxy groups -OCH3 is 3. The molecular weight excluding hydrogens is 318 g/mol. The maximum Gasteiger partial charge on any atom is 0.227 e. The van der Waals surface area contributed by atoms with Crippen molar-refractivity contribution in [2.24, 2.45) is 0 Å². The Balaban J connectivity index is 1.98. The first-order chi connectivity index (χ1) is 12.2. The molecule has 0 aliphatic carbocycles. The van der Waals surface area contributed by atoms with Gasteiger partial charge in [-0.15, -0.1) is 0 Å². The maximum absolute atomic E-state index is 12.8. The second kappa shape index (κ2) is 7.21. The summed E-state index contributed by atoms with van der Waals surface area (Å²) in [6.07, 6.45) is 1.90. The summed E-state index contributed by atoms with van der Waals surface area (Å²) in [4.78, 5) is 12.8. The first-order valence-corrected chi connectivity index (χ1v) is 7.88. The Morgan fingerprint density at radius 2 is 1.56 bits per heavy atom. The second-order valence-electron chi connectivity index (χ2n) is 5.53. The lowest BCUT2D eigenvalue weighted by Gasteiger charge is -2.13. The number of carbonyl (C=O) groups excluding carboxylic acids is 1. The molecule has 0 N–H and O–H groups in total. The molecule has 5 nitrogen and oxygen atoms in total. The van der Waals surface area contributed by atoms with Gasteiger partial charge in [0.05, 0.1) is 21.3 Å². The van der Waals surface area contributed by atoms with Gasteiger partial charge >= 0.3 is 0 Å². The lowest BCUT2D eigenvalue weighted by Crippen LogP contribution is -2.38. The van der Waals surface area contributed by atoms with Crippen molar-refractivity contribution in [2.45, 2.75) is 6.54 Å². The van der Waals surface area contributed by atoms with E-state index in [-0.39, 0.29) is 12.3 Å². The summed E-state index contributed by atoms with van der Waals surface area (Å²) in [5, 5.41) is 1.09. The van der Waals surface area contributed by atoms with Gasteiger partial charge in [-0.1, -0.05) is 12.1 Å². The number of ether oxygens (including phenoxy) is 3. The Kier molecular flexibility index (Phi) is 4.84. The molecule has 0 spiro atoms. The van der Waals surface area contributed by atoms with Crippen LogP contribution >= 0.6 is 0 Å². The first-order valence-electron chi connectivity index (χ1n) is 7.88. The molecule has 0 fully saturated rings. The largest absolute Gasteiger partial charge is 0.493 e. The lowest BCUT2D eigenvalue weighted by molar-refractivity contribution is -0.657. The van der Waals surface area contributed by atoms with Gasteiger partial charge in [-0.05, 0) is 24.3 Å². The number of fused-ring (bicyclic) bond motifs is 1. The molecule has 25 heavy (non-hydrogen) atoms. The van der Waals surface area contributed by atoms with Crippen LogP contribution in [0.4, 0.5) is 0 Å². The Labute approximate surface area is 146 Å². The van der Waals surface area contributed by atoms with E-state index in [1.54, 1.807) is 12.1 Å². The molecule has 3 aromatic rings. The summed E-state index contributed by atoms with van der Waals surface area (Å²) in [5.74, 6) is 1.36. The number of rotatable bonds is 6. The number of para-hydroxylation sites is 1. The standard InChI is InChI=1S/C20H20NO4/c1-23-18-11-15(12-19(24-2)20(18)25-3)17(22)13-21-10-6-8-14-7-4-5-9-16(14)21/h4-12H,13H2,1-3H3/q+1. The van der Waals surface area contributed by atoms with Crippen LogP contribution in [0, 0.1) is 0 Å². The third-order valence-electron chi connectivity index (χ3n) is 4.09. The SMILES string of the molecule is COc1cc(C(=O)C[n+]2cccc3ccccc32)cc(OC)c1OC. The van der Waals surface area contributed by atoms with Gasteiger partial charge in [-0.3, -0.25) is 4.79 Å². The molecule has 5 heteroatoms. The number of Topliss-reactive ketones (excluding diaryl/α,β-unsaturated/α-hetero) is 1. The molecule has 0 radical (unpaired) electrons. The summed E-state index contributed by atoms with van der Waals surface area (Å²) in [7, 11) is 4.60. The average Bonchev–Trinajstić information content (AvgIpc) is 2.66. The van der Waals surface area contributed by atoms with E-state index in [9.17, 15) is 4.79 Å². The number of hydrogen-bond donors (Lipinski definition) is 0. The molecule has 0 bridgehead atoms. The molecule has 0 aliphatic rings. The van der Waals surface area contributed by atoms with Crippen LogP contribution in [0.2, 0.25) is 0 Å². The first kappa shape index (κ1) is 16.8. The van der Waals surface area contributed by atoms with Crippen molar-refractivity contribution in [1.29, 1.82) is 0 Å². The Morgan fingerprint density at radius 3 is 2.20 bits per heavy atom. The van der Waals surface area contributed by atoms with E-state index in [0.717, 1.165) is 10.9 Å². The highest BCUT2D eigenvalue weighted by atomic mass is 16.5. The van der Waals surface area contributed by atoms with E-state index >= 15 is 0 Å². The van der Waals surface area contributed by atoms with E-state index in [1.165, 1.54) is 21.3 Å². The summed E-state index contributed by atoms with van der Waals surface area (Å²) >= 11 is 0. The Bertz CT molecular complexity index is 890. The van der Waals surface area contributed by atoms with Crippen LogP contribution in [0.25, 0.3) is 10.9 Å². The number of nitrogens with zero attached hydrogens (tertiary/aromatic N) is 1. The van der Waals surface area contributed by atoms with Crippen LogP contribution in [0.3, 0.4) is 0 Å². The highest BCUT2D eigenvalue weighted by Crippen LogP contribution is 2.38. The van der Waals surface area contributed by atoms with E-state index in [4.69, 9.17) is 14.2 Å². The fourth-order valence-electron chi connectivity index (χ4n) is 2.85. The molecule has 0 saturated carbocycles. The molecule has 0 saturated heterocycles. The minimum Gasteiger partial charge on any atom is -0.493 e. The zero-order valence-electron chi connectivity index (χ0n) is 14.5. The van der Waals surface area contributed by atoms with E-state index in [2.05, 4.69) is 0 Å². The number of carbonyl (C=O) groups is 1. The van der Waals surface area contributed by atoms with Crippen molar-refractivity contribution in [2.75, 3.05) is 21.3 Å². The number of ketones is 1.